The van der Waals surface area contributed by atoms with E-state index in [2.05, 4.69) is 15.7 Å². The van der Waals surface area contributed by atoms with Crippen LogP contribution in [-0.2, 0) is 4.79 Å². The normalized spacial score (nSPS) is 17.2. The maximum absolute atomic E-state index is 13.1. The summed E-state index contributed by atoms with van der Waals surface area (Å²) in [5.41, 5.74) is 3.33. The Bertz CT molecular complexity index is 1260. The molecule has 0 unspecified atom stereocenters. The minimum absolute atomic E-state index is 0.0789. The zero-order valence-corrected chi connectivity index (χ0v) is 18.9. The molecule has 2 heterocycles. The van der Waals surface area contributed by atoms with E-state index in [4.69, 9.17) is 16.3 Å². The van der Waals surface area contributed by atoms with E-state index >= 15 is 0 Å². The largest absolute Gasteiger partial charge is 0.494 e. The minimum atomic E-state index is -0.482. The van der Waals surface area contributed by atoms with Gasteiger partial charge in [0.05, 0.1) is 12.8 Å². The second-order valence-electron chi connectivity index (χ2n) is 7.98. The molecule has 2 aliphatic rings. The summed E-state index contributed by atoms with van der Waals surface area (Å²) in [7, 11) is 0. The van der Waals surface area contributed by atoms with E-state index in [1.165, 1.54) is 6.20 Å². The topological polar surface area (TPSA) is 85.2 Å². The number of ketones is 1. The number of carbonyl (C=O) groups is 2. The smallest absolute Gasteiger partial charge is 0.261 e. The van der Waals surface area contributed by atoms with Gasteiger partial charge in [-0.05, 0) is 55.7 Å². The number of carbonyl (C=O) groups excluding carboxylic acids is 2. The molecular formula is C25H23ClN4O3. The van der Waals surface area contributed by atoms with Crippen molar-refractivity contribution >= 4 is 34.8 Å². The molecule has 0 bridgehead atoms. The Hall–Kier alpha value is -3.58. The summed E-state index contributed by atoms with van der Waals surface area (Å²) in [5.74, 6) is 1.08. The van der Waals surface area contributed by atoms with Crippen molar-refractivity contribution in [2.75, 3.05) is 17.2 Å². The lowest BCUT2D eigenvalue weighted by Gasteiger charge is -2.33. The number of halogens is 1. The Labute approximate surface area is 196 Å². The van der Waals surface area contributed by atoms with E-state index in [-0.39, 0.29) is 11.7 Å². The van der Waals surface area contributed by atoms with Crippen molar-refractivity contribution in [3.63, 3.8) is 0 Å². The molecule has 33 heavy (non-hydrogen) atoms. The molecule has 1 aliphatic heterocycles. The van der Waals surface area contributed by atoms with Gasteiger partial charge in [-0.15, -0.1) is 0 Å². The summed E-state index contributed by atoms with van der Waals surface area (Å²) in [6.07, 6.45) is 3.51. The summed E-state index contributed by atoms with van der Waals surface area (Å²) in [4.78, 5) is 26.1. The molecule has 2 N–H and O–H groups in total. The van der Waals surface area contributed by atoms with Gasteiger partial charge in [-0.25, -0.2) is 4.68 Å². The van der Waals surface area contributed by atoms with Crippen LogP contribution in [0.3, 0.4) is 0 Å². The van der Waals surface area contributed by atoms with E-state index < -0.39 is 6.04 Å². The number of anilines is 2. The Morgan fingerprint density at radius 3 is 2.76 bits per heavy atom. The van der Waals surface area contributed by atoms with E-state index in [9.17, 15) is 9.59 Å². The molecule has 168 valence electrons. The minimum Gasteiger partial charge on any atom is -0.494 e. The van der Waals surface area contributed by atoms with Gasteiger partial charge in [0.1, 0.15) is 23.2 Å². The fraction of sp³-hybridized carbons (Fsp3) is 0.240. The Morgan fingerprint density at radius 2 is 2.00 bits per heavy atom. The van der Waals surface area contributed by atoms with Crippen LogP contribution in [0.4, 0.5) is 11.5 Å². The number of fused-ring (bicyclic) bond motifs is 1. The van der Waals surface area contributed by atoms with E-state index in [1.807, 2.05) is 37.3 Å². The first-order valence-electron chi connectivity index (χ1n) is 11.0. The zero-order valence-electron chi connectivity index (χ0n) is 18.1. The third-order valence-corrected chi connectivity index (χ3v) is 6.25. The highest BCUT2D eigenvalue weighted by molar-refractivity contribution is 6.31. The highest BCUT2D eigenvalue weighted by Gasteiger charge is 2.38. The van der Waals surface area contributed by atoms with Gasteiger partial charge >= 0.3 is 0 Å². The molecule has 1 aromatic heterocycles. The monoisotopic (exact) mass is 462 g/mol. The van der Waals surface area contributed by atoms with Gasteiger partial charge in [0.2, 0.25) is 0 Å². The summed E-state index contributed by atoms with van der Waals surface area (Å²) in [5, 5.41) is 11.3. The van der Waals surface area contributed by atoms with Gasteiger partial charge in [-0.3, -0.25) is 9.59 Å². The maximum Gasteiger partial charge on any atom is 0.261 e. The van der Waals surface area contributed by atoms with E-state index in [0.29, 0.717) is 40.7 Å². The predicted octanol–water partition coefficient (Wildman–Crippen LogP) is 5.21. The summed E-state index contributed by atoms with van der Waals surface area (Å²) in [6, 6.07) is 14.2. The number of aromatic nitrogens is 2. The lowest BCUT2D eigenvalue weighted by atomic mass is 9.85. The van der Waals surface area contributed by atoms with E-state index in [0.717, 1.165) is 29.9 Å². The van der Waals surface area contributed by atoms with Gasteiger partial charge < -0.3 is 15.4 Å². The number of ether oxygens (including phenoxy) is 1. The first-order chi connectivity index (χ1) is 16.1. The lowest BCUT2D eigenvalue weighted by molar-refractivity contribution is -0.116. The maximum atomic E-state index is 13.1. The van der Waals surface area contributed by atoms with Crippen molar-refractivity contribution in [3.05, 3.63) is 82.1 Å². The molecule has 1 amide bonds. The van der Waals surface area contributed by atoms with Gasteiger partial charge in [0.25, 0.3) is 5.91 Å². The highest BCUT2D eigenvalue weighted by atomic mass is 35.5. The third-order valence-electron chi connectivity index (χ3n) is 5.91. The number of nitrogens with one attached hydrogen (secondary N) is 2. The van der Waals surface area contributed by atoms with Crippen LogP contribution in [0.5, 0.6) is 5.75 Å². The molecule has 0 fully saturated rings. The number of allylic oxidation sites excluding steroid dienone is 2. The quantitative estimate of drug-likeness (QED) is 0.543. The van der Waals surface area contributed by atoms with Crippen LogP contribution in [0.25, 0.3) is 0 Å². The summed E-state index contributed by atoms with van der Waals surface area (Å²) < 4.78 is 7.15. The number of benzene rings is 2. The van der Waals surface area contributed by atoms with Crippen molar-refractivity contribution in [2.24, 2.45) is 0 Å². The van der Waals surface area contributed by atoms with Crippen LogP contribution in [0.2, 0.25) is 5.02 Å². The number of rotatable bonds is 5. The average Bonchev–Trinajstić information content (AvgIpc) is 3.24. The summed E-state index contributed by atoms with van der Waals surface area (Å²) >= 11 is 6.53. The summed E-state index contributed by atoms with van der Waals surface area (Å²) in [6.45, 7) is 2.50. The molecule has 3 aromatic rings. The van der Waals surface area contributed by atoms with Crippen molar-refractivity contribution in [1.29, 1.82) is 0 Å². The SMILES string of the molecule is CCOc1ccc(NC(=O)c2cnn3c2NC2=C(C(=O)CCC2)[C@@H]3c2ccccc2Cl)cc1. The molecule has 2 aromatic carbocycles. The van der Waals surface area contributed by atoms with Crippen molar-refractivity contribution < 1.29 is 14.3 Å². The predicted molar refractivity (Wildman–Crippen MR) is 127 cm³/mol. The van der Waals surface area contributed by atoms with Crippen molar-refractivity contribution in [1.82, 2.24) is 9.78 Å². The van der Waals surface area contributed by atoms with Gasteiger partial charge in [-0.1, -0.05) is 29.8 Å². The second-order valence-corrected chi connectivity index (χ2v) is 8.39. The Balaban J connectivity index is 1.52. The second kappa shape index (κ2) is 8.75. The molecule has 0 saturated heterocycles. The van der Waals surface area contributed by atoms with Gasteiger partial charge in [0, 0.05) is 28.4 Å². The Morgan fingerprint density at radius 1 is 1.21 bits per heavy atom. The molecule has 5 rings (SSSR count). The number of Topliss-reactive ketones (excluding diaryl/α,β-unsaturated/α-hetero) is 1. The molecule has 0 saturated carbocycles. The van der Waals surface area contributed by atoms with Crippen LogP contribution in [0.15, 0.2) is 66.0 Å². The molecule has 0 spiro atoms. The zero-order chi connectivity index (χ0) is 22.9. The van der Waals surface area contributed by atoms with Crippen LogP contribution in [0, 0.1) is 0 Å². The van der Waals surface area contributed by atoms with Crippen molar-refractivity contribution in [3.8, 4) is 5.75 Å². The highest BCUT2D eigenvalue weighted by Crippen LogP contribution is 2.43. The lowest BCUT2D eigenvalue weighted by Crippen LogP contribution is -2.32. The van der Waals surface area contributed by atoms with Crippen LogP contribution in [0.1, 0.15) is 48.1 Å². The number of nitrogens with zero attached hydrogens (tertiary/aromatic N) is 2. The fourth-order valence-electron chi connectivity index (χ4n) is 4.41. The van der Waals surface area contributed by atoms with Crippen LogP contribution < -0.4 is 15.4 Å². The Kier molecular flexibility index (Phi) is 5.64. The molecule has 0 radical (unpaired) electrons. The molecule has 1 aliphatic carbocycles. The number of hydrogen-bond donors (Lipinski definition) is 2. The average molecular weight is 463 g/mol. The van der Waals surface area contributed by atoms with E-state index in [1.54, 1.807) is 22.9 Å². The fourth-order valence-corrected chi connectivity index (χ4v) is 4.65. The first kappa shape index (κ1) is 21.3. The molecule has 7 nitrogen and oxygen atoms in total. The molecular weight excluding hydrogens is 440 g/mol. The van der Waals surface area contributed by atoms with Crippen LogP contribution >= 0.6 is 11.6 Å². The van der Waals surface area contributed by atoms with Crippen LogP contribution in [-0.4, -0.2) is 28.1 Å². The van der Waals surface area contributed by atoms with Gasteiger partial charge in [0.15, 0.2) is 5.78 Å². The first-order valence-corrected chi connectivity index (χ1v) is 11.3. The molecule has 1 atom stereocenters. The molecule has 8 heteroatoms. The standard InChI is InChI=1S/C25H23ClN4O3/c1-2-33-16-12-10-15(11-13-16)28-25(32)18-14-27-30-23(17-6-3-4-7-19(17)26)22-20(29-24(18)30)8-5-9-21(22)31/h3-4,6-7,10-14,23,29H,2,5,8-9H2,1H3,(H,28,32)/t23-/m0/s1. The third kappa shape index (κ3) is 3.89. The number of amides is 1. The van der Waals surface area contributed by atoms with Gasteiger partial charge in [-0.2, -0.15) is 5.10 Å². The number of hydrogen-bond acceptors (Lipinski definition) is 5. The van der Waals surface area contributed by atoms with Crippen molar-refractivity contribution in [2.45, 2.75) is 32.2 Å².